The largest absolute Gasteiger partial charge is 0.355 e. The highest BCUT2D eigenvalue weighted by molar-refractivity contribution is 7.18. The summed E-state index contributed by atoms with van der Waals surface area (Å²) < 4.78 is 0. The predicted octanol–water partition coefficient (Wildman–Crippen LogP) is 3.79. The lowest BCUT2D eigenvalue weighted by Crippen LogP contribution is -2.39. The van der Waals surface area contributed by atoms with E-state index in [4.69, 9.17) is 0 Å². The fraction of sp³-hybridized carbons (Fsp3) is 0.600. The van der Waals surface area contributed by atoms with Crippen molar-refractivity contribution in [2.24, 2.45) is 11.8 Å². The fourth-order valence-corrected chi connectivity index (χ4v) is 4.23. The minimum atomic E-state index is 0.744. The van der Waals surface area contributed by atoms with Gasteiger partial charge < -0.3 is 4.90 Å². The molecule has 3 heterocycles. The third-order valence-electron chi connectivity index (χ3n) is 4.11. The van der Waals surface area contributed by atoms with E-state index in [-0.39, 0.29) is 0 Å². The predicted molar refractivity (Wildman–Crippen MR) is 82.0 cm³/mol. The van der Waals surface area contributed by atoms with Gasteiger partial charge in [-0.3, -0.25) is 0 Å². The Bertz CT molecular complexity index is 595. The van der Waals surface area contributed by atoms with Crippen LogP contribution in [0.15, 0.2) is 6.33 Å². The van der Waals surface area contributed by atoms with E-state index in [1.54, 1.807) is 17.7 Å². The lowest BCUT2D eigenvalue weighted by atomic mass is 9.92. The van der Waals surface area contributed by atoms with Crippen LogP contribution in [0.2, 0.25) is 0 Å². The van der Waals surface area contributed by atoms with E-state index >= 15 is 0 Å². The first-order valence-electron chi connectivity index (χ1n) is 7.02. The number of aryl methyl sites for hydroxylation is 2. The van der Waals surface area contributed by atoms with Gasteiger partial charge in [-0.25, -0.2) is 9.97 Å². The molecular weight excluding hydrogens is 254 g/mol. The number of aromatic nitrogens is 2. The maximum atomic E-state index is 4.60. The minimum Gasteiger partial charge on any atom is -0.355 e. The summed E-state index contributed by atoms with van der Waals surface area (Å²) in [6.45, 7) is 11.3. The van der Waals surface area contributed by atoms with Crippen LogP contribution in [0.25, 0.3) is 10.2 Å². The molecule has 0 saturated carbocycles. The standard InChI is InChI=1S/C15H21N3S/c1-9-5-10(2)7-18(6-9)14-13-11(3)12(4)19-15(13)17-8-16-14/h8-10H,5-7H2,1-4H3/t9-,10+. The molecule has 1 aliphatic rings. The monoisotopic (exact) mass is 275 g/mol. The zero-order valence-electron chi connectivity index (χ0n) is 12.1. The molecule has 102 valence electrons. The van der Waals surface area contributed by atoms with Crippen molar-refractivity contribution in [3.05, 3.63) is 16.8 Å². The second-order valence-corrected chi connectivity index (χ2v) is 7.21. The van der Waals surface area contributed by atoms with Crippen LogP contribution < -0.4 is 4.90 Å². The summed E-state index contributed by atoms with van der Waals surface area (Å²) in [5, 5.41) is 1.27. The smallest absolute Gasteiger partial charge is 0.141 e. The van der Waals surface area contributed by atoms with Crippen LogP contribution in [0.4, 0.5) is 5.82 Å². The molecule has 4 heteroatoms. The van der Waals surface area contributed by atoms with Gasteiger partial charge in [0.2, 0.25) is 0 Å². The second kappa shape index (κ2) is 4.75. The summed E-state index contributed by atoms with van der Waals surface area (Å²) in [6, 6.07) is 0. The minimum absolute atomic E-state index is 0.744. The highest BCUT2D eigenvalue weighted by Crippen LogP contribution is 2.36. The number of nitrogens with zero attached hydrogens (tertiary/aromatic N) is 3. The van der Waals surface area contributed by atoms with Crippen molar-refractivity contribution in [1.82, 2.24) is 9.97 Å². The van der Waals surface area contributed by atoms with E-state index in [0.29, 0.717) is 0 Å². The lowest BCUT2D eigenvalue weighted by Gasteiger charge is -2.36. The fourth-order valence-electron chi connectivity index (χ4n) is 3.24. The number of fused-ring (bicyclic) bond motifs is 1. The Balaban J connectivity index is 2.09. The molecule has 0 radical (unpaired) electrons. The summed E-state index contributed by atoms with van der Waals surface area (Å²) in [5.74, 6) is 2.63. The van der Waals surface area contributed by atoms with E-state index in [9.17, 15) is 0 Å². The summed E-state index contributed by atoms with van der Waals surface area (Å²) in [7, 11) is 0. The zero-order chi connectivity index (χ0) is 13.6. The number of hydrogen-bond donors (Lipinski definition) is 0. The molecule has 0 bridgehead atoms. The van der Waals surface area contributed by atoms with Crippen LogP contribution in [-0.4, -0.2) is 23.1 Å². The molecule has 0 aromatic carbocycles. The van der Waals surface area contributed by atoms with Gasteiger partial charge >= 0.3 is 0 Å². The molecule has 1 aliphatic heterocycles. The Kier molecular flexibility index (Phi) is 3.21. The molecule has 3 rings (SSSR count). The maximum absolute atomic E-state index is 4.60. The van der Waals surface area contributed by atoms with Crippen molar-refractivity contribution in [1.29, 1.82) is 0 Å². The van der Waals surface area contributed by atoms with Crippen LogP contribution in [0, 0.1) is 25.7 Å². The average Bonchev–Trinajstić information content (AvgIpc) is 2.64. The Labute approximate surface area is 118 Å². The number of rotatable bonds is 1. The molecule has 3 nitrogen and oxygen atoms in total. The first-order chi connectivity index (χ1) is 9.06. The molecule has 2 atom stereocenters. The molecule has 0 N–H and O–H groups in total. The summed E-state index contributed by atoms with van der Waals surface area (Å²) in [6.07, 6.45) is 3.04. The van der Waals surface area contributed by atoms with E-state index in [1.807, 2.05) is 0 Å². The number of anilines is 1. The van der Waals surface area contributed by atoms with E-state index in [1.165, 1.54) is 22.2 Å². The molecule has 0 unspecified atom stereocenters. The van der Waals surface area contributed by atoms with Crippen molar-refractivity contribution in [3.8, 4) is 0 Å². The van der Waals surface area contributed by atoms with Crippen molar-refractivity contribution in [2.45, 2.75) is 34.1 Å². The van der Waals surface area contributed by atoms with Gasteiger partial charge in [-0.1, -0.05) is 13.8 Å². The van der Waals surface area contributed by atoms with Crippen molar-refractivity contribution in [3.63, 3.8) is 0 Å². The van der Waals surface area contributed by atoms with Crippen LogP contribution in [0.1, 0.15) is 30.7 Å². The van der Waals surface area contributed by atoms with E-state index in [0.717, 1.165) is 35.6 Å². The van der Waals surface area contributed by atoms with Crippen molar-refractivity contribution < 1.29 is 0 Å². The quantitative estimate of drug-likeness (QED) is 0.793. The number of hydrogen-bond acceptors (Lipinski definition) is 4. The first-order valence-corrected chi connectivity index (χ1v) is 7.83. The molecular formula is C15H21N3S. The van der Waals surface area contributed by atoms with Crippen molar-refractivity contribution >= 4 is 27.4 Å². The number of piperidine rings is 1. The third-order valence-corrected chi connectivity index (χ3v) is 5.23. The second-order valence-electron chi connectivity index (χ2n) is 6.01. The summed E-state index contributed by atoms with van der Waals surface area (Å²) in [5.41, 5.74) is 1.35. The van der Waals surface area contributed by atoms with Gasteiger partial charge in [-0.05, 0) is 37.7 Å². The lowest BCUT2D eigenvalue weighted by molar-refractivity contribution is 0.356. The van der Waals surface area contributed by atoms with Gasteiger partial charge in [0.15, 0.2) is 0 Å². The Morgan fingerprint density at radius 1 is 1.16 bits per heavy atom. The molecule has 19 heavy (non-hydrogen) atoms. The molecule has 0 spiro atoms. The molecule has 1 saturated heterocycles. The van der Waals surface area contributed by atoms with Crippen LogP contribution in [0.5, 0.6) is 0 Å². The SMILES string of the molecule is Cc1sc2ncnc(N3C[C@H](C)C[C@H](C)C3)c2c1C. The Hall–Kier alpha value is -1.16. The van der Waals surface area contributed by atoms with Crippen molar-refractivity contribution in [2.75, 3.05) is 18.0 Å². The first kappa shape index (κ1) is 12.9. The zero-order valence-corrected chi connectivity index (χ0v) is 12.9. The number of thiophene rings is 1. The van der Waals surface area contributed by atoms with Gasteiger partial charge in [-0.15, -0.1) is 11.3 Å². The highest BCUT2D eigenvalue weighted by atomic mass is 32.1. The molecule has 0 aliphatic carbocycles. The van der Waals surface area contributed by atoms with Gasteiger partial charge in [0.25, 0.3) is 0 Å². The van der Waals surface area contributed by atoms with Crippen LogP contribution in [0.3, 0.4) is 0 Å². The molecule has 1 fully saturated rings. The van der Waals surface area contributed by atoms with E-state index < -0.39 is 0 Å². The molecule has 2 aromatic rings. The van der Waals surface area contributed by atoms with Crippen LogP contribution >= 0.6 is 11.3 Å². The molecule has 2 aromatic heterocycles. The van der Waals surface area contributed by atoms with Crippen LogP contribution in [-0.2, 0) is 0 Å². The van der Waals surface area contributed by atoms with Gasteiger partial charge in [0, 0.05) is 18.0 Å². The maximum Gasteiger partial charge on any atom is 0.141 e. The normalized spacial score (nSPS) is 24.1. The molecule has 0 amide bonds. The third kappa shape index (κ3) is 2.22. The average molecular weight is 275 g/mol. The summed E-state index contributed by atoms with van der Waals surface area (Å²) in [4.78, 5) is 14.0. The van der Waals surface area contributed by atoms with Gasteiger partial charge in [0.1, 0.15) is 17.0 Å². The topological polar surface area (TPSA) is 29.0 Å². The van der Waals surface area contributed by atoms with Gasteiger partial charge in [-0.2, -0.15) is 0 Å². The Morgan fingerprint density at radius 2 is 1.84 bits per heavy atom. The highest BCUT2D eigenvalue weighted by Gasteiger charge is 2.25. The Morgan fingerprint density at radius 3 is 2.53 bits per heavy atom. The summed E-state index contributed by atoms with van der Waals surface area (Å²) >= 11 is 1.78. The van der Waals surface area contributed by atoms with E-state index in [2.05, 4.69) is 42.6 Å². The van der Waals surface area contributed by atoms with Gasteiger partial charge in [0.05, 0.1) is 5.39 Å².